The Balaban J connectivity index is 1.47. The topological polar surface area (TPSA) is 70.7 Å². The number of carbonyl (C=O) groups excluding carboxylic acids is 1. The van der Waals surface area contributed by atoms with Gasteiger partial charge in [-0.25, -0.2) is 0 Å². The Labute approximate surface area is 146 Å². The number of rotatable bonds is 4. The van der Waals surface area contributed by atoms with E-state index in [9.17, 15) is 4.79 Å². The molecule has 0 aliphatic heterocycles. The number of aryl methyl sites for hydroxylation is 1. The van der Waals surface area contributed by atoms with Crippen molar-refractivity contribution < 1.29 is 4.79 Å². The number of hydrogen-bond donors (Lipinski definition) is 2. The van der Waals surface area contributed by atoms with Crippen LogP contribution in [0.25, 0.3) is 11.3 Å². The zero-order valence-corrected chi connectivity index (χ0v) is 14.0. The second-order valence-electron chi connectivity index (χ2n) is 6.33. The van der Waals surface area contributed by atoms with E-state index in [1.807, 2.05) is 42.5 Å². The first-order valence-corrected chi connectivity index (χ1v) is 8.66. The molecule has 3 aromatic rings. The SMILES string of the molecule is O=C(NCc1ccnc(-c2ccccc2)c1)c1n[nH]c2c1CCCC2. The molecule has 0 radical (unpaired) electrons. The average molecular weight is 332 g/mol. The van der Waals surface area contributed by atoms with Crippen LogP contribution in [0.3, 0.4) is 0 Å². The molecule has 1 aromatic carbocycles. The minimum absolute atomic E-state index is 0.113. The zero-order chi connectivity index (χ0) is 17.1. The molecule has 5 nitrogen and oxygen atoms in total. The standard InChI is InChI=1S/C20H20N4O/c25-20(19-16-8-4-5-9-17(16)23-24-19)22-13-14-10-11-21-18(12-14)15-6-2-1-3-7-15/h1-3,6-7,10-12H,4-5,8-9,13H2,(H,22,25)(H,23,24). The number of carbonyl (C=O) groups is 1. The van der Waals surface area contributed by atoms with Gasteiger partial charge in [0.05, 0.1) is 5.69 Å². The predicted molar refractivity (Wildman–Crippen MR) is 96.1 cm³/mol. The van der Waals surface area contributed by atoms with Crippen LogP contribution >= 0.6 is 0 Å². The first-order valence-electron chi connectivity index (χ1n) is 8.66. The summed E-state index contributed by atoms with van der Waals surface area (Å²) in [6.45, 7) is 0.461. The van der Waals surface area contributed by atoms with E-state index in [2.05, 4.69) is 20.5 Å². The summed E-state index contributed by atoms with van der Waals surface area (Å²) < 4.78 is 0. The Morgan fingerprint density at radius 1 is 1.12 bits per heavy atom. The van der Waals surface area contributed by atoms with Crippen molar-refractivity contribution in [2.24, 2.45) is 0 Å². The van der Waals surface area contributed by atoms with Crippen LogP contribution in [0.2, 0.25) is 0 Å². The first-order chi connectivity index (χ1) is 12.3. The summed E-state index contributed by atoms with van der Waals surface area (Å²) in [4.78, 5) is 16.9. The number of hydrogen-bond acceptors (Lipinski definition) is 3. The van der Waals surface area contributed by atoms with Crippen LogP contribution in [-0.4, -0.2) is 21.1 Å². The molecule has 0 saturated heterocycles. The van der Waals surface area contributed by atoms with Crippen LogP contribution in [0.4, 0.5) is 0 Å². The first kappa shape index (κ1) is 15.6. The molecule has 25 heavy (non-hydrogen) atoms. The predicted octanol–water partition coefficient (Wildman–Crippen LogP) is 3.28. The summed E-state index contributed by atoms with van der Waals surface area (Å²) in [6, 6.07) is 14.0. The Morgan fingerprint density at radius 2 is 1.96 bits per heavy atom. The lowest BCUT2D eigenvalue weighted by Crippen LogP contribution is -2.24. The van der Waals surface area contributed by atoms with Gasteiger partial charge in [-0.1, -0.05) is 30.3 Å². The second-order valence-corrected chi connectivity index (χ2v) is 6.33. The van der Waals surface area contributed by atoms with Crippen LogP contribution in [0.1, 0.15) is 40.2 Å². The summed E-state index contributed by atoms with van der Waals surface area (Å²) >= 11 is 0. The smallest absolute Gasteiger partial charge is 0.272 e. The van der Waals surface area contributed by atoms with Gasteiger partial charge in [0.2, 0.25) is 0 Å². The fourth-order valence-corrected chi connectivity index (χ4v) is 3.29. The van der Waals surface area contributed by atoms with Crippen LogP contribution in [0.5, 0.6) is 0 Å². The van der Waals surface area contributed by atoms with Crippen LogP contribution in [0, 0.1) is 0 Å². The molecule has 0 unspecified atom stereocenters. The van der Waals surface area contributed by atoms with Crippen molar-refractivity contribution in [1.82, 2.24) is 20.5 Å². The maximum absolute atomic E-state index is 12.5. The molecule has 5 heteroatoms. The maximum Gasteiger partial charge on any atom is 0.272 e. The Kier molecular flexibility index (Phi) is 4.29. The lowest BCUT2D eigenvalue weighted by Gasteiger charge is -2.11. The van der Waals surface area contributed by atoms with E-state index < -0.39 is 0 Å². The molecular formula is C20H20N4O. The van der Waals surface area contributed by atoms with Crippen molar-refractivity contribution in [2.75, 3.05) is 0 Å². The van der Waals surface area contributed by atoms with E-state index in [-0.39, 0.29) is 5.91 Å². The molecule has 0 fully saturated rings. The molecule has 0 atom stereocenters. The van der Waals surface area contributed by atoms with Crippen molar-refractivity contribution in [1.29, 1.82) is 0 Å². The lowest BCUT2D eigenvalue weighted by atomic mass is 9.96. The summed E-state index contributed by atoms with van der Waals surface area (Å²) in [5.41, 5.74) is 5.75. The van der Waals surface area contributed by atoms with Gasteiger partial charge in [-0.15, -0.1) is 0 Å². The molecule has 1 aliphatic rings. The molecule has 1 aliphatic carbocycles. The Hall–Kier alpha value is -2.95. The van der Waals surface area contributed by atoms with Crippen molar-refractivity contribution in [3.8, 4) is 11.3 Å². The van der Waals surface area contributed by atoms with E-state index in [0.717, 1.165) is 53.8 Å². The molecule has 0 saturated carbocycles. The fraction of sp³-hybridized carbons (Fsp3) is 0.250. The second kappa shape index (κ2) is 6.89. The van der Waals surface area contributed by atoms with Crippen LogP contribution in [0.15, 0.2) is 48.7 Å². The largest absolute Gasteiger partial charge is 0.347 e. The number of H-pyrrole nitrogens is 1. The van der Waals surface area contributed by atoms with Gasteiger partial charge < -0.3 is 5.32 Å². The van der Waals surface area contributed by atoms with Crippen molar-refractivity contribution in [2.45, 2.75) is 32.2 Å². The van der Waals surface area contributed by atoms with Gasteiger partial charge in [-0.3, -0.25) is 14.9 Å². The number of nitrogens with zero attached hydrogens (tertiary/aromatic N) is 2. The Morgan fingerprint density at radius 3 is 2.84 bits per heavy atom. The quantitative estimate of drug-likeness (QED) is 0.770. The van der Waals surface area contributed by atoms with E-state index in [4.69, 9.17) is 0 Å². The molecule has 1 amide bonds. The highest BCUT2D eigenvalue weighted by Crippen LogP contribution is 2.22. The van der Waals surface area contributed by atoms with E-state index >= 15 is 0 Å². The lowest BCUT2D eigenvalue weighted by molar-refractivity contribution is 0.0945. The van der Waals surface area contributed by atoms with Crippen molar-refractivity contribution in [3.05, 3.63) is 71.2 Å². The minimum atomic E-state index is -0.113. The summed E-state index contributed by atoms with van der Waals surface area (Å²) in [5, 5.41) is 10.2. The number of aromatic nitrogens is 3. The van der Waals surface area contributed by atoms with E-state index in [0.29, 0.717) is 12.2 Å². The molecule has 126 valence electrons. The summed E-state index contributed by atoms with van der Waals surface area (Å²) in [6.07, 6.45) is 5.98. The monoisotopic (exact) mass is 332 g/mol. The van der Waals surface area contributed by atoms with E-state index in [1.165, 1.54) is 0 Å². The van der Waals surface area contributed by atoms with Crippen molar-refractivity contribution >= 4 is 5.91 Å². The Bertz CT molecular complexity index is 886. The molecular weight excluding hydrogens is 312 g/mol. The molecule has 0 bridgehead atoms. The number of amides is 1. The molecule has 2 aromatic heterocycles. The average Bonchev–Trinajstić information content (AvgIpc) is 3.11. The van der Waals surface area contributed by atoms with Gasteiger partial charge in [0.15, 0.2) is 5.69 Å². The number of aromatic amines is 1. The van der Waals surface area contributed by atoms with Gasteiger partial charge in [-0.05, 0) is 43.4 Å². The molecule has 0 spiro atoms. The minimum Gasteiger partial charge on any atom is -0.347 e. The maximum atomic E-state index is 12.5. The van der Waals surface area contributed by atoms with Gasteiger partial charge >= 0.3 is 0 Å². The highest BCUT2D eigenvalue weighted by Gasteiger charge is 2.21. The number of pyridine rings is 1. The third-order valence-corrected chi connectivity index (χ3v) is 4.62. The van der Waals surface area contributed by atoms with Crippen LogP contribution < -0.4 is 5.32 Å². The van der Waals surface area contributed by atoms with Gasteiger partial charge in [0.1, 0.15) is 0 Å². The fourth-order valence-electron chi connectivity index (χ4n) is 3.29. The van der Waals surface area contributed by atoms with Gasteiger partial charge in [-0.2, -0.15) is 5.10 Å². The van der Waals surface area contributed by atoms with Crippen LogP contribution in [-0.2, 0) is 19.4 Å². The van der Waals surface area contributed by atoms with Gasteiger partial charge in [0.25, 0.3) is 5.91 Å². The number of nitrogens with one attached hydrogen (secondary N) is 2. The third-order valence-electron chi connectivity index (χ3n) is 4.62. The molecule has 2 N–H and O–H groups in total. The summed E-state index contributed by atoms with van der Waals surface area (Å²) in [7, 11) is 0. The number of benzene rings is 1. The summed E-state index contributed by atoms with van der Waals surface area (Å²) in [5.74, 6) is -0.113. The third kappa shape index (κ3) is 3.31. The van der Waals surface area contributed by atoms with Crippen molar-refractivity contribution in [3.63, 3.8) is 0 Å². The highest BCUT2D eigenvalue weighted by molar-refractivity contribution is 5.94. The zero-order valence-electron chi connectivity index (χ0n) is 14.0. The molecule has 2 heterocycles. The van der Waals surface area contributed by atoms with Gasteiger partial charge in [0, 0.05) is 29.6 Å². The number of fused-ring (bicyclic) bond motifs is 1. The van der Waals surface area contributed by atoms with E-state index in [1.54, 1.807) is 6.20 Å². The molecule has 4 rings (SSSR count). The normalized spacial score (nSPS) is 13.3. The highest BCUT2D eigenvalue weighted by atomic mass is 16.1.